The molecule has 3 N–H and O–H groups in total. The number of sulfonamides is 1. The van der Waals surface area contributed by atoms with Crippen LogP contribution >= 0.6 is 0 Å². The average molecular weight is 406 g/mol. The quantitative estimate of drug-likeness (QED) is 0.471. The highest BCUT2D eigenvalue weighted by Gasteiger charge is 2.14. The molecule has 0 atom stereocenters. The van der Waals surface area contributed by atoms with E-state index in [1.165, 1.54) is 12.1 Å². The molecule has 0 saturated heterocycles. The van der Waals surface area contributed by atoms with Crippen LogP contribution < -0.4 is 20.1 Å². The van der Waals surface area contributed by atoms with Gasteiger partial charge in [-0.2, -0.15) is 0 Å². The SMILES string of the molecule is CCOc1ccc(S(=O)(=O)NCCC(=O)NCCCNc2ccccc2)cc1. The summed E-state index contributed by atoms with van der Waals surface area (Å²) in [6.45, 7) is 3.70. The molecule has 2 rings (SSSR count). The van der Waals surface area contributed by atoms with Crippen LogP contribution in [0.15, 0.2) is 59.5 Å². The monoisotopic (exact) mass is 405 g/mol. The number of nitrogens with one attached hydrogen (secondary N) is 3. The van der Waals surface area contributed by atoms with E-state index in [0.29, 0.717) is 18.9 Å². The van der Waals surface area contributed by atoms with E-state index < -0.39 is 10.0 Å². The van der Waals surface area contributed by atoms with E-state index in [-0.39, 0.29) is 23.8 Å². The Kier molecular flexibility index (Phi) is 8.77. The molecule has 8 heteroatoms. The molecule has 0 unspecified atom stereocenters. The molecule has 152 valence electrons. The Hall–Kier alpha value is -2.58. The molecule has 0 heterocycles. The fourth-order valence-corrected chi connectivity index (χ4v) is 3.49. The Morgan fingerprint density at radius 1 is 0.964 bits per heavy atom. The number of hydrogen-bond donors (Lipinski definition) is 3. The summed E-state index contributed by atoms with van der Waals surface area (Å²) in [5.74, 6) is 0.427. The summed E-state index contributed by atoms with van der Waals surface area (Å²) >= 11 is 0. The van der Waals surface area contributed by atoms with Crippen LogP contribution in [0, 0.1) is 0 Å². The molecule has 2 aromatic carbocycles. The van der Waals surface area contributed by atoms with E-state index in [9.17, 15) is 13.2 Å². The first kappa shape index (κ1) is 21.7. The van der Waals surface area contributed by atoms with Gasteiger partial charge in [0, 0.05) is 31.7 Å². The number of rotatable bonds is 12. The summed E-state index contributed by atoms with van der Waals surface area (Å²) in [6, 6.07) is 16.0. The first-order chi connectivity index (χ1) is 13.5. The van der Waals surface area contributed by atoms with Gasteiger partial charge in [-0.15, -0.1) is 0 Å². The van der Waals surface area contributed by atoms with Crippen molar-refractivity contribution in [3.63, 3.8) is 0 Å². The van der Waals surface area contributed by atoms with E-state index in [2.05, 4.69) is 15.4 Å². The molecule has 0 aromatic heterocycles. The Labute approximate surface area is 166 Å². The number of ether oxygens (including phenoxy) is 1. The largest absolute Gasteiger partial charge is 0.494 e. The van der Waals surface area contributed by atoms with Gasteiger partial charge >= 0.3 is 0 Å². The van der Waals surface area contributed by atoms with Gasteiger partial charge in [-0.3, -0.25) is 4.79 Å². The van der Waals surface area contributed by atoms with Gasteiger partial charge in [0.05, 0.1) is 11.5 Å². The number of benzene rings is 2. The maximum atomic E-state index is 12.2. The number of hydrogen-bond acceptors (Lipinski definition) is 5. The minimum Gasteiger partial charge on any atom is -0.494 e. The van der Waals surface area contributed by atoms with Crippen molar-refractivity contribution in [3.8, 4) is 5.75 Å². The van der Waals surface area contributed by atoms with Crippen molar-refractivity contribution in [2.24, 2.45) is 0 Å². The van der Waals surface area contributed by atoms with Gasteiger partial charge in [-0.25, -0.2) is 13.1 Å². The molecule has 0 aliphatic heterocycles. The van der Waals surface area contributed by atoms with Crippen LogP contribution in [0.5, 0.6) is 5.75 Å². The maximum Gasteiger partial charge on any atom is 0.240 e. The normalized spacial score (nSPS) is 11.0. The Balaban J connectivity index is 1.62. The van der Waals surface area contributed by atoms with Gasteiger partial charge in [0.2, 0.25) is 15.9 Å². The molecule has 7 nitrogen and oxygen atoms in total. The molecular weight excluding hydrogens is 378 g/mol. The molecule has 0 fully saturated rings. The van der Waals surface area contributed by atoms with Crippen molar-refractivity contribution < 1.29 is 17.9 Å². The van der Waals surface area contributed by atoms with Gasteiger partial charge in [-0.1, -0.05) is 18.2 Å². The smallest absolute Gasteiger partial charge is 0.240 e. The zero-order chi connectivity index (χ0) is 20.2. The number of carbonyl (C=O) groups is 1. The first-order valence-electron chi connectivity index (χ1n) is 9.29. The van der Waals surface area contributed by atoms with Crippen molar-refractivity contribution >= 4 is 21.6 Å². The minimum absolute atomic E-state index is 0.0453. The van der Waals surface area contributed by atoms with E-state index in [0.717, 1.165) is 18.7 Å². The van der Waals surface area contributed by atoms with E-state index in [1.807, 2.05) is 37.3 Å². The van der Waals surface area contributed by atoms with Crippen LogP contribution in [0.1, 0.15) is 19.8 Å². The van der Waals surface area contributed by atoms with E-state index >= 15 is 0 Å². The van der Waals surface area contributed by atoms with Crippen LogP contribution in [-0.2, 0) is 14.8 Å². The van der Waals surface area contributed by atoms with Gasteiger partial charge in [0.25, 0.3) is 0 Å². The highest BCUT2D eigenvalue weighted by Crippen LogP contribution is 2.15. The summed E-state index contributed by atoms with van der Waals surface area (Å²) in [5.41, 5.74) is 1.04. The number of anilines is 1. The van der Waals surface area contributed by atoms with Crippen LogP contribution in [0.2, 0.25) is 0 Å². The fraction of sp³-hybridized carbons (Fsp3) is 0.350. The van der Waals surface area contributed by atoms with Gasteiger partial charge < -0.3 is 15.4 Å². The topological polar surface area (TPSA) is 96.5 Å². The third-order valence-corrected chi connectivity index (χ3v) is 5.34. The summed E-state index contributed by atoms with van der Waals surface area (Å²) in [7, 11) is -3.64. The van der Waals surface area contributed by atoms with Crippen molar-refractivity contribution in [2.45, 2.75) is 24.7 Å². The molecule has 0 bridgehead atoms. The summed E-state index contributed by atoms with van der Waals surface area (Å²) < 4.78 is 32.2. The van der Waals surface area contributed by atoms with Gasteiger partial charge in [0.15, 0.2) is 0 Å². The molecule has 0 aliphatic carbocycles. The number of amides is 1. The number of carbonyl (C=O) groups excluding carboxylic acids is 1. The summed E-state index contributed by atoms with van der Waals surface area (Å²) in [4.78, 5) is 12.0. The van der Waals surface area contributed by atoms with Crippen LogP contribution in [0.4, 0.5) is 5.69 Å². The maximum absolute atomic E-state index is 12.2. The third-order valence-electron chi connectivity index (χ3n) is 3.87. The predicted molar refractivity (Wildman–Crippen MR) is 110 cm³/mol. The highest BCUT2D eigenvalue weighted by atomic mass is 32.2. The van der Waals surface area contributed by atoms with E-state index in [1.54, 1.807) is 12.1 Å². The second-order valence-electron chi connectivity index (χ2n) is 6.05. The first-order valence-corrected chi connectivity index (χ1v) is 10.8. The van der Waals surface area contributed by atoms with Gasteiger partial charge in [0.1, 0.15) is 5.75 Å². The second-order valence-corrected chi connectivity index (χ2v) is 7.82. The molecule has 2 aromatic rings. The predicted octanol–water partition coefficient (Wildman–Crippen LogP) is 2.37. The van der Waals surface area contributed by atoms with E-state index in [4.69, 9.17) is 4.74 Å². The van der Waals surface area contributed by atoms with Crippen LogP contribution in [-0.4, -0.2) is 40.6 Å². The average Bonchev–Trinajstić information content (AvgIpc) is 2.69. The molecule has 0 saturated carbocycles. The Bertz CT molecular complexity index is 824. The van der Waals surface area contributed by atoms with Crippen molar-refractivity contribution in [1.29, 1.82) is 0 Å². The fourth-order valence-electron chi connectivity index (χ4n) is 2.46. The Morgan fingerprint density at radius 2 is 1.68 bits per heavy atom. The van der Waals surface area contributed by atoms with Crippen molar-refractivity contribution in [2.75, 3.05) is 31.6 Å². The summed E-state index contributed by atoms with van der Waals surface area (Å²) in [6.07, 6.45) is 0.862. The minimum atomic E-state index is -3.64. The lowest BCUT2D eigenvalue weighted by Gasteiger charge is -2.09. The Morgan fingerprint density at radius 3 is 2.36 bits per heavy atom. The second kappa shape index (κ2) is 11.3. The standard InChI is InChI=1S/C20H27N3O4S/c1-2-27-18-9-11-19(12-10-18)28(25,26)23-16-13-20(24)22-15-6-14-21-17-7-4-3-5-8-17/h3-5,7-12,21,23H,2,6,13-16H2,1H3,(H,22,24). The molecule has 0 aliphatic rings. The molecular formula is C20H27N3O4S. The van der Waals surface area contributed by atoms with Crippen LogP contribution in [0.25, 0.3) is 0 Å². The van der Waals surface area contributed by atoms with Gasteiger partial charge in [-0.05, 0) is 49.7 Å². The molecule has 1 amide bonds. The molecule has 0 spiro atoms. The lowest BCUT2D eigenvalue weighted by molar-refractivity contribution is -0.120. The zero-order valence-corrected chi connectivity index (χ0v) is 16.8. The molecule has 0 radical (unpaired) electrons. The highest BCUT2D eigenvalue weighted by molar-refractivity contribution is 7.89. The van der Waals surface area contributed by atoms with Crippen LogP contribution in [0.3, 0.4) is 0 Å². The summed E-state index contributed by atoms with van der Waals surface area (Å²) in [5, 5.41) is 6.05. The third kappa shape index (κ3) is 7.58. The van der Waals surface area contributed by atoms with Crippen molar-refractivity contribution in [1.82, 2.24) is 10.0 Å². The van der Waals surface area contributed by atoms with Crippen molar-refractivity contribution in [3.05, 3.63) is 54.6 Å². The number of para-hydroxylation sites is 1. The lowest BCUT2D eigenvalue weighted by atomic mass is 10.3. The zero-order valence-electron chi connectivity index (χ0n) is 16.0. The lowest BCUT2D eigenvalue weighted by Crippen LogP contribution is -2.31. The molecule has 28 heavy (non-hydrogen) atoms.